The molecule has 1 aliphatic carbocycles. The van der Waals surface area contributed by atoms with Crippen LogP contribution in [-0.4, -0.2) is 33.5 Å². The normalized spacial score (nSPS) is 17.3. The van der Waals surface area contributed by atoms with E-state index < -0.39 is 28.9 Å². The summed E-state index contributed by atoms with van der Waals surface area (Å²) in [5, 5.41) is 0. The molecule has 170 valence electrons. The second kappa shape index (κ2) is 8.71. The molecule has 1 aliphatic rings. The summed E-state index contributed by atoms with van der Waals surface area (Å²) in [5.74, 6) is -0.910. The fourth-order valence-electron chi connectivity index (χ4n) is 4.21. The van der Waals surface area contributed by atoms with Crippen molar-refractivity contribution in [2.45, 2.75) is 36.6 Å². The van der Waals surface area contributed by atoms with Gasteiger partial charge in [-0.3, -0.25) is 3.97 Å². The SMILES string of the molecule is CN(C)C1CCCc2c1cn(S(=O)c1cccc(OC(F)(F)F)c1)c2-c1ccccc1F. The van der Waals surface area contributed by atoms with Gasteiger partial charge in [-0.1, -0.05) is 18.2 Å². The molecule has 0 fully saturated rings. The van der Waals surface area contributed by atoms with E-state index in [1.165, 1.54) is 22.2 Å². The van der Waals surface area contributed by atoms with Crippen LogP contribution in [0.2, 0.25) is 0 Å². The highest BCUT2D eigenvalue weighted by molar-refractivity contribution is 7.83. The number of ether oxygens (including phenoxy) is 1. The van der Waals surface area contributed by atoms with Crippen LogP contribution in [0.25, 0.3) is 11.3 Å². The Morgan fingerprint density at radius 2 is 1.88 bits per heavy atom. The van der Waals surface area contributed by atoms with Crippen molar-refractivity contribution in [1.29, 1.82) is 0 Å². The van der Waals surface area contributed by atoms with Gasteiger partial charge in [-0.05, 0) is 74.8 Å². The van der Waals surface area contributed by atoms with E-state index >= 15 is 0 Å². The van der Waals surface area contributed by atoms with Crippen molar-refractivity contribution in [2.24, 2.45) is 0 Å². The fourth-order valence-corrected chi connectivity index (χ4v) is 5.43. The molecule has 1 aromatic heterocycles. The van der Waals surface area contributed by atoms with Gasteiger partial charge >= 0.3 is 6.36 Å². The Balaban J connectivity index is 1.87. The van der Waals surface area contributed by atoms with Crippen LogP contribution in [0.5, 0.6) is 5.75 Å². The molecule has 3 aromatic rings. The maximum absolute atomic E-state index is 14.8. The average molecular weight is 467 g/mol. The summed E-state index contributed by atoms with van der Waals surface area (Å²) >= 11 is 0. The molecule has 32 heavy (non-hydrogen) atoms. The first-order chi connectivity index (χ1) is 15.2. The predicted molar refractivity (Wildman–Crippen MR) is 114 cm³/mol. The van der Waals surface area contributed by atoms with E-state index in [9.17, 15) is 21.8 Å². The lowest BCUT2D eigenvalue weighted by molar-refractivity contribution is -0.274. The molecule has 4 rings (SSSR count). The molecule has 2 atom stereocenters. The zero-order valence-electron chi connectivity index (χ0n) is 17.5. The number of hydrogen-bond acceptors (Lipinski definition) is 3. The second-order valence-electron chi connectivity index (χ2n) is 7.86. The van der Waals surface area contributed by atoms with E-state index in [0.717, 1.165) is 36.1 Å². The molecular formula is C23H22F4N2O2S. The lowest BCUT2D eigenvalue weighted by Gasteiger charge is -2.28. The van der Waals surface area contributed by atoms with Gasteiger partial charge in [0.15, 0.2) is 11.0 Å². The topological polar surface area (TPSA) is 34.5 Å². The minimum atomic E-state index is -4.86. The van der Waals surface area contributed by atoms with Crippen LogP contribution in [0.15, 0.2) is 59.6 Å². The largest absolute Gasteiger partial charge is 0.573 e. The summed E-state index contributed by atoms with van der Waals surface area (Å²) < 4.78 is 71.8. The molecule has 2 aromatic carbocycles. The second-order valence-corrected chi connectivity index (χ2v) is 9.22. The van der Waals surface area contributed by atoms with Crippen molar-refractivity contribution < 1.29 is 26.5 Å². The quantitative estimate of drug-likeness (QED) is 0.452. The third-order valence-corrected chi connectivity index (χ3v) is 6.85. The van der Waals surface area contributed by atoms with E-state index in [1.54, 1.807) is 24.4 Å². The van der Waals surface area contributed by atoms with E-state index in [0.29, 0.717) is 17.7 Å². The molecule has 2 unspecified atom stereocenters. The lowest BCUT2D eigenvalue weighted by Crippen LogP contribution is -2.23. The van der Waals surface area contributed by atoms with Crippen molar-refractivity contribution in [3.63, 3.8) is 0 Å². The van der Waals surface area contributed by atoms with Gasteiger partial charge in [-0.2, -0.15) is 0 Å². The van der Waals surface area contributed by atoms with Crippen molar-refractivity contribution in [3.05, 3.63) is 71.7 Å². The smallest absolute Gasteiger partial charge is 0.406 e. The Morgan fingerprint density at radius 3 is 2.56 bits per heavy atom. The molecular weight excluding hydrogens is 444 g/mol. The van der Waals surface area contributed by atoms with Crippen molar-refractivity contribution in [3.8, 4) is 17.0 Å². The van der Waals surface area contributed by atoms with Gasteiger partial charge in [-0.25, -0.2) is 8.60 Å². The predicted octanol–water partition coefficient (Wildman–Crippen LogP) is 5.70. The first-order valence-electron chi connectivity index (χ1n) is 10.1. The number of benzene rings is 2. The first kappa shape index (κ1) is 22.5. The van der Waals surface area contributed by atoms with Crippen LogP contribution >= 0.6 is 0 Å². The van der Waals surface area contributed by atoms with Gasteiger partial charge in [0.05, 0.1) is 10.6 Å². The monoisotopic (exact) mass is 466 g/mol. The Kier molecular flexibility index (Phi) is 6.13. The van der Waals surface area contributed by atoms with Crippen LogP contribution in [0.4, 0.5) is 17.6 Å². The summed E-state index contributed by atoms with van der Waals surface area (Å²) in [7, 11) is 1.99. The number of halogens is 4. The summed E-state index contributed by atoms with van der Waals surface area (Å²) in [4.78, 5) is 2.19. The molecule has 0 N–H and O–H groups in total. The average Bonchev–Trinajstić information content (AvgIpc) is 3.11. The van der Waals surface area contributed by atoms with Crippen LogP contribution < -0.4 is 4.74 Å². The molecule has 1 heterocycles. The van der Waals surface area contributed by atoms with Gasteiger partial charge in [0, 0.05) is 17.8 Å². The number of fused-ring (bicyclic) bond motifs is 1. The highest BCUT2D eigenvalue weighted by Crippen LogP contribution is 2.41. The molecule has 0 radical (unpaired) electrons. The van der Waals surface area contributed by atoms with Gasteiger partial charge in [-0.15, -0.1) is 13.2 Å². The lowest BCUT2D eigenvalue weighted by atomic mass is 9.87. The number of rotatable bonds is 5. The minimum Gasteiger partial charge on any atom is -0.406 e. The van der Waals surface area contributed by atoms with Crippen LogP contribution in [0.1, 0.15) is 30.0 Å². The Morgan fingerprint density at radius 1 is 1.12 bits per heavy atom. The molecule has 0 spiro atoms. The molecule has 9 heteroatoms. The highest BCUT2D eigenvalue weighted by atomic mass is 32.2. The van der Waals surface area contributed by atoms with Crippen molar-refractivity contribution in [2.75, 3.05) is 14.1 Å². The number of aromatic nitrogens is 1. The molecule has 0 amide bonds. The van der Waals surface area contributed by atoms with Crippen molar-refractivity contribution in [1.82, 2.24) is 8.87 Å². The molecule has 0 aliphatic heterocycles. The highest BCUT2D eigenvalue weighted by Gasteiger charge is 2.32. The molecule has 0 bridgehead atoms. The van der Waals surface area contributed by atoms with Crippen molar-refractivity contribution >= 4 is 11.0 Å². The molecule has 0 saturated carbocycles. The third-order valence-electron chi connectivity index (χ3n) is 5.55. The van der Waals surface area contributed by atoms with Crippen LogP contribution in [0, 0.1) is 5.82 Å². The van der Waals surface area contributed by atoms with Crippen LogP contribution in [-0.2, 0) is 17.4 Å². The Bertz CT molecular complexity index is 1160. The molecule has 0 saturated heterocycles. The van der Waals surface area contributed by atoms with E-state index in [-0.39, 0.29) is 10.9 Å². The fraction of sp³-hybridized carbons (Fsp3) is 0.304. The summed E-state index contributed by atoms with van der Waals surface area (Å²) in [6, 6.07) is 11.4. The van der Waals surface area contributed by atoms with Crippen LogP contribution in [0.3, 0.4) is 0 Å². The summed E-state index contributed by atoms with van der Waals surface area (Å²) in [5.41, 5.74) is 2.67. The van der Waals surface area contributed by atoms with E-state index in [1.807, 2.05) is 14.1 Å². The van der Waals surface area contributed by atoms with Gasteiger partial charge in [0.25, 0.3) is 0 Å². The summed E-state index contributed by atoms with van der Waals surface area (Å²) in [6.45, 7) is 0. The zero-order valence-corrected chi connectivity index (χ0v) is 18.3. The minimum absolute atomic E-state index is 0.0717. The molecule has 4 nitrogen and oxygen atoms in total. The first-order valence-corrected chi connectivity index (χ1v) is 11.2. The standard InChI is InChI=1S/C23H22F4N2O2S/c1-28(2)21-12-6-10-17-19(21)14-29(22(17)18-9-3-4-11-20(18)24)32(30)16-8-5-7-15(13-16)31-23(25,26)27/h3-5,7-9,11,13-14,21H,6,10,12H2,1-2H3. The number of hydrogen-bond donors (Lipinski definition) is 0. The van der Waals surface area contributed by atoms with E-state index in [4.69, 9.17) is 0 Å². The maximum Gasteiger partial charge on any atom is 0.573 e. The third kappa shape index (κ3) is 4.45. The zero-order chi connectivity index (χ0) is 23.0. The maximum atomic E-state index is 14.8. The Hall–Kier alpha value is -2.65. The number of alkyl halides is 3. The Labute approximate surface area is 186 Å². The van der Waals surface area contributed by atoms with Gasteiger partial charge < -0.3 is 9.64 Å². The number of nitrogens with zero attached hydrogens (tertiary/aromatic N) is 2. The van der Waals surface area contributed by atoms with Gasteiger partial charge in [0.2, 0.25) is 0 Å². The van der Waals surface area contributed by atoms with E-state index in [2.05, 4.69) is 9.64 Å². The summed E-state index contributed by atoms with van der Waals surface area (Å²) in [6.07, 6.45) is -0.617. The van der Waals surface area contributed by atoms with Gasteiger partial charge in [0.1, 0.15) is 11.6 Å².